The van der Waals surface area contributed by atoms with Crippen LogP contribution < -0.4 is 5.32 Å². The minimum absolute atomic E-state index is 0.0788. The molecular formula is C22H19ClN2O3S2. The summed E-state index contributed by atoms with van der Waals surface area (Å²) in [6, 6.07) is 11.1. The predicted octanol–water partition coefficient (Wildman–Crippen LogP) is 5.90. The van der Waals surface area contributed by atoms with E-state index in [1.807, 2.05) is 42.6 Å². The standard InChI is InChI=1S/C22H19ClN2O3S2/c1-3-28-19(26)11-16(17-5-4-8-29-17)25-22(27)18-10-14-20(30-18)13-9-12(2)6-7-15(13)24-21(14)23/h4-10,16H,3,11H2,1-2H3,(H,25,27)/t16-/m0/s1. The molecule has 0 aliphatic rings. The summed E-state index contributed by atoms with van der Waals surface area (Å²) in [5, 5.41) is 7.00. The molecule has 0 fully saturated rings. The molecule has 154 valence electrons. The van der Waals surface area contributed by atoms with Crippen molar-refractivity contribution in [2.45, 2.75) is 26.3 Å². The van der Waals surface area contributed by atoms with Gasteiger partial charge in [-0.2, -0.15) is 0 Å². The zero-order chi connectivity index (χ0) is 21.3. The zero-order valence-electron chi connectivity index (χ0n) is 16.4. The third-order valence-electron chi connectivity index (χ3n) is 4.66. The molecule has 1 amide bonds. The highest BCUT2D eigenvalue weighted by atomic mass is 35.5. The van der Waals surface area contributed by atoms with E-state index in [2.05, 4.69) is 10.3 Å². The Morgan fingerprint density at radius 2 is 2.07 bits per heavy atom. The fourth-order valence-electron chi connectivity index (χ4n) is 3.28. The number of nitrogens with one attached hydrogen (secondary N) is 1. The van der Waals surface area contributed by atoms with E-state index in [4.69, 9.17) is 16.3 Å². The maximum Gasteiger partial charge on any atom is 0.308 e. The summed E-state index contributed by atoms with van der Waals surface area (Å²) in [4.78, 5) is 31.0. The number of hydrogen-bond donors (Lipinski definition) is 1. The van der Waals surface area contributed by atoms with Gasteiger partial charge in [-0.1, -0.05) is 29.3 Å². The van der Waals surface area contributed by atoms with Crippen LogP contribution in [-0.2, 0) is 9.53 Å². The van der Waals surface area contributed by atoms with Gasteiger partial charge in [0.1, 0.15) is 5.15 Å². The number of ether oxygens (including phenoxy) is 1. The number of esters is 1. The highest BCUT2D eigenvalue weighted by Crippen LogP contribution is 2.36. The van der Waals surface area contributed by atoms with Gasteiger partial charge >= 0.3 is 5.97 Å². The zero-order valence-corrected chi connectivity index (χ0v) is 18.8. The number of pyridine rings is 1. The molecule has 0 saturated carbocycles. The Morgan fingerprint density at radius 3 is 2.80 bits per heavy atom. The lowest BCUT2D eigenvalue weighted by molar-refractivity contribution is -0.143. The summed E-state index contributed by atoms with van der Waals surface area (Å²) in [6.45, 7) is 4.08. The molecule has 0 spiro atoms. The smallest absolute Gasteiger partial charge is 0.308 e. The summed E-state index contributed by atoms with van der Waals surface area (Å²) in [5.74, 6) is -0.600. The number of rotatable bonds is 6. The first kappa shape index (κ1) is 20.8. The van der Waals surface area contributed by atoms with Crippen LogP contribution in [0.3, 0.4) is 0 Å². The number of fused-ring (bicyclic) bond motifs is 3. The van der Waals surface area contributed by atoms with Crippen molar-refractivity contribution in [3.63, 3.8) is 0 Å². The quantitative estimate of drug-likeness (QED) is 0.288. The summed E-state index contributed by atoms with van der Waals surface area (Å²) in [5.41, 5.74) is 1.91. The van der Waals surface area contributed by atoms with Crippen molar-refractivity contribution in [2.24, 2.45) is 0 Å². The molecule has 5 nitrogen and oxygen atoms in total. The highest BCUT2D eigenvalue weighted by molar-refractivity contribution is 7.21. The van der Waals surface area contributed by atoms with Crippen LogP contribution in [0.4, 0.5) is 0 Å². The number of nitrogens with zero attached hydrogens (tertiary/aromatic N) is 1. The number of hydrogen-bond acceptors (Lipinski definition) is 6. The van der Waals surface area contributed by atoms with Crippen LogP contribution >= 0.6 is 34.3 Å². The molecule has 0 unspecified atom stereocenters. The predicted molar refractivity (Wildman–Crippen MR) is 123 cm³/mol. The van der Waals surface area contributed by atoms with Crippen molar-refractivity contribution in [3.8, 4) is 0 Å². The van der Waals surface area contributed by atoms with Crippen molar-refractivity contribution in [1.29, 1.82) is 0 Å². The van der Waals surface area contributed by atoms with Gasteiger partial charge < -0.3 is 10.1 Å². The van der Waals surface area contributed by atoms with Gasteiger partial charge in [0.05, 0.1) is 29.5 Å². The van der Waals surface area contributed by atoms with Crippen molar-refractivity contribution in [2.75, 3.05) is 6.61 Å². The number of benzene rings is 1. The number of aryl methyl sites for hydroxylation is 1. The minimum Gasteiger partial charge on any atom is -0.466 e. The van der Waals surface area contributed by atoms with Crippen molar-refractivity contribution < 1.29 is 14.3 Å². The van der Waals surface area contributed by atoms with E-state index >= 15 is 0 Å². The topological polar surface area (TPSA) is 68.3 Å². The normalized spacial score (nSPS) is 12.2. The Hall–Kier alpha value is -2.48. The average molecular weight is 459 g/mol. The summed E-state index contributed by atoms with van der Waals surface area (Å²) >= 11 is 9.25. The Labute approximate surface area is 186 Å². The first-order chi connectivity index (χ1) is 14.5. The van der Waals surface area contributed by atoms with Gasteiger partial charge in [-0.25, -0.2) is 4.98 Å². The van der Waals surface area contributed by atoms with Crippen molar-refractivity contribution in [3.05, 3.63) is 62.2 Å². The molecule has 4 rings (SSSR count). The molecule has 1 atom stereocenters. The lowest BCUT2D eigenvalue weighted by atomic mass is 10.1. The fraction of sp³-hybridized carbons (Fsp3) is 0.227. The second-order valence-corrected chi connectivity index (χ2v) is 9.22. The van der Waals surface area contributed by atoms with E-state index in [-0.39, 0.29) is 18.3 Å². The van der Waals surface area contributed by atoms with Crippen molar-refractivity contribution >= 4 is 67.1 Å². The molecule has 0 bridgehead atoms. The SMILES string of the molecule is CCOC(=O)C[C@H](NC(=O)c1cc2c(Cl)nc3ccc(C)cc3c2s1)c1cccs1. The van der Waals surface area contributed by atoms with E-state index < -0.39 is 6.04 Å². The second kappa shape index (κ2) is 8.71. The maximum absolute atomic E-state index is 13.1. The van der Waals surface area contributed by atoms with Gasteiger partial charge in [-0.3, -0.25) is 9.59 Å². The molecule has 1 N–H and O–H groups in total. The summed E-state index contributed by atoms with van der Waals surface area (Å²) in [7, 11) is 0. The molecule has 8 heteroatoms. The number of amides is 1. The second-order valence-electron chi connectivity index (χ2n) is 6.83. The van der Waals surface area contributed by atoms with Gasteiger partial charge in [0.25, 0.3) is 5.91 Å². The first-order valence-electron chi connectivity index (χ1n) is 9.45. The Balaban J connectivity index is 1.68. The molecule has 1 aromatic carbocycles. The summed E-state index contributed by atoms with van der Waals surface area (Å²) < 4.78 is 6.00. The van der Waals surface area contributed by atoms with E-state index in [1.165, 1.54) is 22.7 Å². The van der Waals surface area contributed by atoms with Crippen molar-refractivity contribution in [1.82, 2.24) is 10.3 Å². The molecule has 0 aliphatic carbocycles. The summed E-state index contributed by atoms with van der Waals surface area (Å²) in [6.07, 6.45) is 0.0788. The van der Waals surface area contributed by atoms with Gasteiger partial charge in [0, 0.05) is 20.3 Å². The Morgan fingerprint density at radius 1 is 1.23 bits per heavy atom. The van der Waals surface area contributed by atoms with E-state index in [9.17, 15) is 9.59 Å². The van der Waals surface area contributed by atoms with Crippen LogP contribution in [-0.4, -0.2) is 23.5 Å². The molecule has 3 aromatic heterocycles. The molecular weight excluding hydrogens is 440 g/mol. The van der Waals surface area contributed by atoms with Gasteiger partial charge in [-0.15, -0.1) is 22.7 Å². The third-order valence-corrected chi connectivity index (χ3v) is 7.10. The monoisotopic (exact) mass is 458 g/mol. The van der Waals surface area contributed by atoms with Crippen LogP contribution in [0, 0.1) is 6.92 Å². The average Bonchev–Trinajstić information content (AvgIpc) is 3.39. The fourth-order valence-corrected chi connectivity index (χ4v) is 5.44. The van der Waals surface area contributed by atoms with Crippen LogP contribution in [0.1, 0.15) is 39.5 Å². The first-order valence-corrected chi connectivity index (χ1v) is 11.5. The number of carbonyl (C=O) groups is 2. The molecule has 0 radical (unpaired) electrons. The number of aromatic nitrogens is 1. The minimum atomic E-state index is -0.450. The molecule has 4 aromatic rings. The maximum atomic E-state index is 13.1. The lowest BCUT2D eigenvalue weighted by Crippen LogP contribution is -2.29. The van der Waals surface area contributed by atoms with Crippen LogP contribution in [0.2, 0.25) is 5.15 Å². The number of halogens is 1. The number of carbonyl (C=O) groups excluding carboxylic acids is 2. The van der Waals surface area contributed by atoms with Gasteiger partial charge in [0.15, 0.2) is 0 Å². The van der Waals surface area contributed by atoms with Crippen LogP contribution in [0.15, 0.2) is 41.8 Å². The van der Waals surface area contributed by atoms with Crippen LogP contribution in [0.5, 0.6) is 0 Å². The largest absolute Gasteiger partial charge is 0.466 e. The number of thiophene rings is 2. The molecule has 0 saturated heterocycles. The van der Waals surface area contributed by atoms with Crippen LogP contribution in [0.25, 0.3) is 21.0 Å². The Kier molecular flexibility index (Phi) is 6.04. The lowest BCUT2D eigenvalue weighted by Gasteiger charge is -2.16. The molecule has 0 aliphatic heterocycles. The Bertz CT molecular complexity index is 1230. The van der Waals surface area contributed by atoms with E-state index in [0.29, 0.717) is 16.6 Å². The van der Waals surface area contributed by atoms with Gasteiger partial charge in [-0.05, 0) is 43.5 Å². The third kappa shape index (κ3) is 4.19. The molecule has 30 heavy (non-hydrogen) atoms. The van der Waals surface area contributed by atoms with Gasteiger partial charge in [0.2, 0.25) is 0 Å². The van der Waals surface area contributed by atoms with E-state index in [0.717, 1.165) is 31.4 Å². The molecule has 3 heterocycles. The van der Waals surface area contributed by atoms with E-state index in [1.54, 1.807) is 13.0 Å². The highest BCUT2D eigenvalue weighted by Gasteiger charge is 2.23.